The molecular weight excluding hydrogens is 595 g/mol. The molecule has 0 saturated carbocycles. The Labute approximate surface area is 253 Å². The van der Waals surface area contributed by atoms with Crippen molar-refractivity contribution in [3.05, 3.63) is 113 Å². The Kier molecular flexibility index (Phi) is 8.71. The summed E-state index contributed by atoms with van der Waals surface area (Å²) in [7, 11) is 0. The summed E-state index contributed by atoms with van der Waals surface area (Å²) < 4.78 is 7.37. The van der Waals surface area contributed by atoms with Gasteiger partial charge in [-0.2, -0.15) is 0 Å². The number of nitro groups is 1. The number of nitrogens with zero attached hydrogens (tertiary/aromatic N) is 5. The summed E-state index contributed by atoms with van der Waals surface area (Å²) in [5, 5.41) is 12.3. The van der Waals surface area contributed by atoms with Crippen LogP contribution in [-0.2, 0) is 9.53 Å². The summed E-state index contributed by atoms with van der Waals surface area (Å²) in [5.41, 5.74) is 1.48. The van der Waals surface area contributed by atoms with E-state index >= 15 is 0 Å². The molecule has 3 heterocycles. The van der Waals surface area contributed by atoms with Crippen molar-refractivity contribution in [1.82, 2.24) is 14.5 Å². The summed E-state index contributed by atoms with van der Waals surface area (Å²) in [6.07, 6.45) is 6.35. The second-order valence-corrected chi connectivity index (χ2v) is 12.3. The third-order valence-electron chi connectivity index (χ3n) is 6.24. The molecule has 2 aromatic heterocycles. The Morgan fingerprint density at radius 2 is 1.88 bits per heavy atom. The van der Waals surface area contributed by atoms with Gasteiger partial charge in [0, 0.05) is 23.4 Å². The van der Waals surface area contributed by atoms with Crippen molar-refractivity contribution in [2.75, 3.05) is 6.26 Å². The lowest BCUT2D eigenvalue weighted by Gasteiger charge is -2.25. The molecular formula is C29H25N5O5S3. The number of rotatable bonds is 8. The van der Waals surface area contributed by atoms with Gasteiger partial charge in [-0.3, -0.25) is 19.5 Å². The Bertz CT molecular complexity index is 1880. The van der Waals surface area contributed by atoms with Crippen LogP contribution in [0.25, 0.3) is 6.08 Å². The molecule has 0 radical (unpaired) electrons. The molecule has 1 aliphatic heterocycles. The average molecular weight is 620 g/mol. The fourth-order valence-corrected chi connectivity index (χ4v) is 6.66. The highest BCUT2D eigenvalue weighted by Crippen LogP contribution is 2.34. The number of ether oxygens (including phenoxy) is 1. The van der Waals surface area contributed by atoms with Crippen LogP contribution in [0.3, 0.4) is 0 Å². The number of thioether (sulfide) groups is 1. The molecule has 4 aromatic rings. The minimum atomic E-state index is -0.746. The fraction of sp³-hybridized carbons (Fsp3) is 0.207. The minimum absolute atomic E-state index is 0.129. The molecule has 0 bridgehead atoms. The van der Waals surface area contributed by atoms with Crippen molar-refractivity contribution in [2.24, 2.45) is 4.99 Å². The van der Waals surface area contributed by atoms with Gasteiger partial charge in [-0.1, -0.05) is 29.5 Å². The summed E-state index contributed by atoms with van der Waals surface area (Å²) in [6, 6.07) is 13.3. The molecule has 1 atom stereocenters. The molecule has 0 fully saturated rings. The molecule has 0 spiro atoms. The number of thiazole rings is 1. The maximum absolute atomic E-state index is 13.9. The van der Waals surface area contributed by atoms with Crippen molar-refractivity contribution < 1.29 is 14.5 Å². The van der Waals surface area contributed by atoms with Gasteiger partial charge < -0.3 is 4.74 Å². The lowest BCUT2D eigenvalue weighted by molar-refractivity contribution is -0.387. The number of hydrogen-bond donors (Lipinski definition) is 0. The number of hydrogen-bond acceptors (Lipinski definition) is 11. The van der Waals surface area contributed by atoms with E-state index in [1.54, 1.807) is 69.2 Å². The third kappa shape index (κ3) is 6.08. The first-order valence-electron chi connectivity index (χ1n) is 12.8. The van der Waals surface area contributed by atoms with Gasteiger partial charge in [0.2, 0.25) is 0 Å². The third-order valence-corrected chi connectivity index (χ3v) is 8.92. The van der Waals surface area contributed by atoms with Crippen LogP contribution in [0, 0.1) is 10.1 Å². The Morgan fingerprint density at radius 1 is 1.17 bits per heavy atom. The van der Waals surface area contributed by atoms with E-state index in [2.05, 4.69) is 15.0 Å². The number of fused-ring (bicyclic) bond motifs is 1. The normalized spacial score (nSPS) is 15.0. The largest absolute Gasteiger partial charge is 0.459 e. The first kappa shape index (κ1) is 29.4. The van der Waals surface area contributed by atoms with E-state index < -0.39 is 16.9 Å². The summed E-state index contributed by atoms with van der Waals surface area (Å²) in [4.78, 5) is 53.3. The van der Waals surface area contributed by atoms with E-state index in [0.717, 1.165) is 33.6 Å². The molecule has 13 heteroatoms. The van der Waals surface area contributed by atoms with E-state index in [4.69, 9.17) is 4.74 Å². The molecule has 0 unspecified atom stereocenters. The number of aromatic nitrogens is 3. The van der Waals surface area contributed by atoms with Crippen LogP contribution in [0.15, 0.2) is 96.9 Å². The summed E-state index contributed by atoms with van der Waals surface area (Å²) in [6.45, 7) is 5.26. The molecule has 0 aliphatic carbocycles. The van der Waals surface area contributed by atoms with E-state index in [-0.39, 0.29) is 17.4 Å². The molecule has 0 N–H and O–H groups in total. The topological polar surface area (TPSA) is 130 Å². The van der Waals surface area contributed by atoms with Crippen molar-refractivity contribution in [1.29, 1.82) is 0 Å². The van der Waals surface area contributed by atoms with E-state index in [0.29, 0.717) is 36.2 Å². The quantitative estimate of drug-likeness (QED) is 0.0901. The van der Waals surface area contributed by atoms with Gasteiger partial charge in [-0.25, -0.2) is 19.8 Å². The Morgan fingerprint density at radius 3 is 2.52 bits per heavy atom. The lowest BCUT2D eigenvalue weighted by Crippen LogP contribution is -2.40. The van der Waals surface area contributed by atoms with Gasteiger partial charge in [-0.05, 0) is 80.3 Å². The Hall–Kier alpha value is -4.07. The smallest absolute Gasteiger partial charge is 0.338 e. The van der Waals surface area contributed by atoms with Crippen LogP contribution in [0.1, 0.15) is 37.9 Å². The van der Waals surface area contributed by atoms with Crippen LogP contribution in [0.4, 0.5) is 5.69 Å². The van der Waals surface area contributed by atoms with Crippen molar-refractivity contribution in [2.45, 2.75) is 47.9 Å². The highest BCUT2D eigenvalue weighted by atomic mass is 32.2. The molecule has 0 amide bonds. The molecule has 2 aromatic carbocycles. The van der Waals surface area contributed by atoms with Gasteiger partial charge in [0.05, 0.1) is 37.8 Å². The van der Waals surface area contributed by atoms with Crippen LogP contribution in [0.5, 0.6) is 0 Å². The predicted molar refractivity (Wildman–Crippen MR) is 162 cm³/mol. The maximum Gasteiger partial charge on any atom is 0.338 e. The van der Waals surface area contributed by atoms with Crippen LogP contribution in [-0.4, -0.2) is 37.8 Å². The molecule has 0 saturated heterocycles. The van der Waals surface area contributed by atoms with E-state index in [1.807, 2.05) is 30.5 Å². The van der Waals surface area contributed by atoms with Crippen molar-refractivity contribution in [3.8, 4) is 0 Å². The van der Waals surface area contributed by atoms with Gasteiger partial charge in [0.25, 0.3) is 11.2 Å². The summed E-state index contributed by atoms with van der Waals surface area (Å²) >= 11 is 3.83. The van der Waals surface area contributed by atoms with Crippen LogP contribution in [0.2, 0.25) is 0 Å². The second-order valence-electron chi connectivity index (χ2n) is 9.43. The number of carbonyl (C=O) groups excluding carboxylic acids is 1. The first-order chi connectivity index (χ1) is 20.2. The van der Waals surface area contributed by atoms with Crippen molar-refractivity contribution in [3.63, 3.8) is 0 Å². The zero-order valence-corrected chi connectivity index (χ0v) is 25.5. The predicted octanol–water partition coefficient (Wildman–Crippen LogP) is 4.76. The van der Waals surface area contributed by atoms with Gasteiger partial charge >= 0.3 is 5.97 Å². The van der Waals surface area contributed by atoms with Crippen LogP contribution < -0.4 is 14.9 Å². The number of nitro benzene ring substituents is 1. The molecule has 214 valence electrons. The second kappa shape index (κ2) is 12.4. The number of benzene rings is 2. The highest BCUT2D eigenvalue weighted by Gasteiger charge is 2.33. The highest BCUT2D eigenvalue weighted by molar-refractivity contribution is 7.99. The number of esters is 1. The van der Waals surface area contributed by atoms with Crippen LogP contribution >= 0.6 is 34.9 Å². The molecule has 10 nitrogen and oxygen atoms in total. The lowest BCUT2D eigenvalue weighted by atomic mass is 9.96. The standard InChI is InChI=1S/C29H25N5O5S3/c1-16(2)39-27(36)24-17(3)32-29-33(25(24)19-7-9-20(40-4)10-8-19)26(35)23(42-29)15-18-6-11-22(21(14-18)34(37)38)41-28-30-12-5-13-31-28/h5-16,25H,1-4H3/b23-15-/t25-/m1/s1. The zero-order valence-electron chi connectivity index (χ0n) is 23.0. The fourth-order valence-electron chi connectivity index (χ4n) is 4.40. The first-order valence-corrected chi connectivity index (χ1v) is 15.6. The zero-order chi connectivity index (χ0) is 30.0. The van der Waals surface area contributed by atoms with E-state index in [1.165, 1.54) is 10.6 Å². The molecule has 42 heavy (non-hydrogen) atoms. The van der Waals surface area contributed by atoms with Gasteiger partial charge in [0.15, 0.2) is 9.96 Å². The van der Waals surface area contributed by atoms with Crippen molar-refractivity contribution >= 4 is 52.6 Å². The number of carbonyl (C=O) groups is 1. The monoisotopic (exact) mass is 619 g/mol. The summed E-state index contributed by atoms with van der Waals surface area (Å²) in [5.74, 6) is -0.536. The van der Waals surface area contributed by atoms with Gasteiger partial charge in [0.1, 0.15) is 0 Å². The average Bonchev–Trinajstić information content (AvgIpc) is 3.27. The SMILES string of the molecule is CSc1ccc([C@@H]2C(C(=O)OC(C)C)=C(C)N=c3s/c(=C\c4ccc(Sc5ncccn5)c([N+](=O)[O-])c4)c(=O)n32)cc1. The maximum atomic E-state index is 13.9. The number of allylic oxidation sites excluding steroid dienone is 1. The molecule has 5 rings (SSSR count). The van der Waals surface area contributed by atoms with Gasteiger partial charge in [-0.15, -0.1) is 11.8 Å². The van der Waals surface area contributed by atoms with E-state index in [9.17, 15) is 19.7 Å². The Balaban J connectivity index is 1.62. The molecule has 1 aliphatic rings. The minimum Gasteiger partial charge on any atom is -0.459 e.